The van der Waals surface area contributed by atoms with Gasteiger partial charge in [-0.25, -0.2) is 0 Å². The van der Waals surface area contributed by atoms with Gasteiger partial charge in [0.15, 0.2) is 6.61 Å². The highest BCUT2D eigenvalue weighted by atomic mass is 35.5. The number of carbonyl (C=O) groups excluding carboxylic acids is 1. The fourth-order valence-corrected chi connectivity index (χ4v) is 3.14. The number of amides is 1. The second-order valence-electron chi connectivity index (χ2n) is 4.47. The molecule has 0 unspecified atom stereocenters. The molecule has 2 rings (SSSR count). The number of benzene rings is 1. The van der Waals surface area contributed by atoms with E-state index in [4.69, 9.17) is 23.2 Å². The Balaban J connectivity index is 1.95. The second kappa shape index (κ2) is 7.42. The van der Waals surface area contributed by atoms with Crippen molar-refractivity contribution < 1.29 is 22.7 Å². The van der Waals surface area contributed by atoms with Crippen LogP contribution in [0.5, 0.6) is 5.75 Å². The summed E-state index contributed by atoms with van der Waals surface area (Å²) < 4.78 is 41.7. The summed E-state index contributed by atoms with van der Waals surface area (Å²) in [7, 11) is 0. The quantitative estimate of drug-likeness (QED) is 0.794. The van der Waals surface area contributed by atoms with Crippen LogP contribution >= 0.6 is 34.5 Å². The van der Waals surface area contributed by atoms with E-state index in [-0.39, 0.29) is 22.2 Å². The predicted molar refractivity (Wildman–Crippen MR) is 83.5 cm³/mol. The van der Waals surface area contributed by atoms with Crippen LogP contribution < -0.4 is 10.1 Å². The number of thiophene rings is 1. The van der Waals surface area contributed by atoms with Crippen molar-refractivity contribution in [3.63, 3.8) is 0 Å². The van der Waals surface area contributed by atoms with E-state index in [1.807, 2.05) is 0 Å². The first-order chi connectivity index (χ1) is 10.7. The van der Waals surface area contributed by atoms with Gasteiger partial charge in [0.1, 0.15) is 10.1 Å². The van der Waals surface area contributed by atoms with Crippen molar-refractivity contribution in [2.24, 2.45) is 0 Å². The van der Waals surface area contributed by atoms with Crippen LogP contribution in [0.1, 0.15) is 15.9 Å². The SMILES string of the molecule is O=C(NCc1cccc(OCC(F)(F)F)c1)c1cc(Cl)sc1Cl. The third-order valence-corrected chi connectivity index (χ3v) is 4.14. The Bertz CT molecular complexity index is 704. The van der Waals surface area contributed by atoms with E-state index in [2.05, 4.69) is 10.1 Å². The maximum absolute atomic E-state index is 12.1. The van der Waals surface area contributed by atoms with Gasteiger partial charge in [0.2, 0.25) is 0 Å². The molecule has 0 radical (unpaired) electrons. The molecule has 1 heterocycles. The van der Waals surface area contributed by atoms with Gasteiger partial charge >= 0.3 is 6.18 Å². The highest BCUT2D eigenvalue weighted by Gasteiger charge is 2.28. The first kappa shape index (κ1) is 17.9. The van der Waals surface area contributed by atoms with Crippen LogP contribution in [0.3, 0.4) is 0 Å². The molecule has 3 nitrogen and oxygen atoms in total. The van der Waals surface area contributed by atoms with Gasteiger partial charge < -0.3 is 10.1 Å². The Hall–Kier alpha value is -1.44. The van der Waals surface area contributed by atoms with Crippen molar-refractivity contribution in [2.45, 2.75) is 12.7 Å². The first-order valence-electron chi connectivity index (χ1n) is 6.26. The fourth-order valence-electron chi connectivity index (χ4n) is 1.68. The maximum Gasteiger partial charge on any atom is 0.422 e. The van der Waals surface area contributed by atoms with E-state index in [9.17, 15) is 18.0 Å². The molecule has 1 aromatic heterocycles. The summed E-state index contributed by atoms with van der Waals surface area (Å²) in [5.41, 5.74) is 0.849. The third kappa shape index (κ3) is 5.60. The standard InChI is InChI=1S/C14H10Cl2F3NO2S/c15-11-5-10(12(16)23-11)13(21)20-6-8-2-1-3-9(4-8)22-7-14(17,18)19/h1-5H,6-7H2,(H,20,21). The molecule has 0 aliphatic heterocycles. The van der Waals surface area contributed by atoms with E-state index in [1.165, 1.54) is 18.2 Å². The average Bonchev–Trinajstić information content (AvgIpc) is 2.81. The predicted octanol–water partition coefficient (Wildman–Crippen LogP) is 4.93. The number of rotatable bonds is 5. The van der Waals surface area contributed by atoms with Crippen molar-refractivity contribution in [2.75, 3.05) is 6.61 Å². The van der Waals surface area contributed by atoms with E-state index in [0.717, 1.165) is 11.3 Å². The van der Waals surface area contributed by atoms with Gasteiger partial charge in [-0.15, -0.1) is 11.3 Å². The van der Waals surface area contributed by atoms with Crippen molar-refractivity contribution >= 4 is 40.4 Å². The topological polar surface area (TPSA) is 38.3 Å². The highest BCUT2D eigenvalue weighted by molar-refractivity contribution is 7.20. The van der Waals surface area contributed by atoms with Crippen LogP contribution in [0, 0.1) is 0 Å². The number of alkyl halides is 3. The molecule has 0 spiro atoms. The third-order valence-electron chi connectivity index (χ3n) is 2.66. The number of hydrogen-bond donors (Lipinski definition) is 1. The van der Waals surface area contributed by atoms with Crippen LogP contribution in [0.4, 0.5) is 13.2 Å². The van der Waals surface area contributed by atoms with E-state index in [0.29, 0.717) is 9.90 Å². The van der Waals surface area contributed by atoms with Crippen LogP contribution in [-0.4, -0.2) is 18.7 Å². The lowest BCUT2D eigenvalue weighted by Gasteiger charge is -2.10. The number of nitrogens with one attached hydrogen (secondary N) is 1. The zero-order chi connectivity index (χ0) is 17.0. The molecular weight excluding hydrogens is 374 g/mol. The molecule has 0 atom stereocenters. The first-order valence-corrected chi connectivity index (χ1v) is 7.83. The van der Waals surface area contributed by atoms with Gasteiger partial charge in [-0.3, -0.25) is 4.79 Å². The molecule has 23 heavy (non-hydrogen) atoms. The molecule has 124 valence electrons. The Morgan fingerprint density at radius 1 is 1.26 bits per heavy atom. The molecule has 9 heteroatoms. The molecule has 0 saturated heterocycles. The van der Waals surface area contributed by atoms with Gasteiger partial charge in [0, 0.05) is 6.54 Å². The molecule has 1 N–H and O–H groups in total. The number of ether oxygens (including phenoxy) is 1. The van der Waals surface area contributed by atoms with E-state index in [1.54, 1.807) is 12.1 Å². The molecule has 2 aromatic rings. The highest BCUT2D eigenvalue weighted by Crippen LogP contribution is 2.31. The zero-order valence-corrected chi connectivity index (χ0v) is 13.7. The van der Waals surface area contributed by atoms with Crippen LogP contribution in [0.15, 0.2) is 30.3 Å². The van der Waals surface area contributed by atoms with Crippen LogP contribution in [-0.2, 0) is 6.54 Å². The van der Waals surface area contributed by atoms with E-state index >= 15 is 0 Å². The largest absolute Gasteiger partial charge is 0.484 e. The number of halogens is 5. The normalized spacial score (nSPS) is 11.3. The molecule has 1 amide bonds. The Labute approximate surface area is 144 Å². The van der Waals surface area contributed by atoms with Crippen molar-refractivity contribution in [3.8, 4) is 5.75 Å². The van der Waals surface area contributed by atoms with Crippen molar-refractivity contribution in [1.29, 1.82) is 0 Å². The second-order valence-corrected chi connectivity index (χ2v) is 6.76. The summed E-state index contributed by atoms with van der Waals surface area (Å²) in [4.78, 5) is 12.0. The molecule has 0 aliphatic rings. The van der Waals surface area contributed by atoms with Crippen molar-refractivity contribution in [3.05, 3.63) is 50.1 Å². The molecule has 0 saturated carbocycles. The smallest absolute Gasteiger partial charge is 0.422 e. The molecule has 0 fully saturated rings. The lowest BCUT2D eigenvalue weighted by Crippen LogP contribution is -2.22. The zero-order valence-electron chi connectivity index (χ0n) is 11.4. The van der Waals surface area contributed by atoms with Gasteiger partial charge in [-0.2, -0.15) is 13.2 Å². The fraction of sp³-hybridized carbons (Fsp3) is 0.214. The Kier molecular flexibility index (Phi) is 5.78. The maximum atomic E-state index is 12.1. The minimum Gasteiger partial charge on any atom is -0.484 e. The Morgan fingerprint density at radius 2 is 2.00 bits per heavy atom. The van der Waals surface area contributed by atoms with Crippen LogP contribution in [0.2, 0.25) is 8.67 Å². The minimum absolute atomic E-state index is 0.0747. The Morgan fingerprint density at radius 3 is 2.61 bits per heavy atom. The summed E-state index contributed by atoms with van der Waals surface area (Å²) in [5, 5.41) is 2.62. The lowest BCUT2D eigenvalue weighted by molar-refractivity contribution is -0.153. The van der Waals surface area contributed by atoms with Crippen LogP contribution in [0.25, 0.3) is 0 Å². The lowest BCUT2D eigenvalue weighted by atomic mass is 10.2. The van der Waals surface area contributed by atoms with E-state index < -0.39 is 18.7 Å². The minimum atomic E-state index is -4.40. The summed E-state index contributed by atoms with van der Waals surface area (Å²) >= 11 is 12.7. The van der Waals surface area contributed by atoms with Gasteiger partial charge in [0.25, 0.3) is 5.91 Å². The molecule has 1 aromatic carbocycles. The van der Waals surface area contributed by atoms with Gasteiger partial charge in [0.05, 0.1) is 9.90 Å². The van der Waals surface area contributed by atoms with Gasteiger partial charge in [-0.1, -0.05) is 35.3 Å². The summed E-state index contributed by atoms with van der Waals surface area (Å²) in [6.45, 7) is -1.25. The summed E-state index contributed by atoms with van der Waals surface area (Å²) in [6.07, 6.45) is -4.40. The monoisotopic (exact) mass is 383 g/mol. The summed E-state index contributed by atoms with van der Waals surface area (Å²) in [6, 6.07) is 7.48. The van der Waals surface area contributed by atoms with Crippen molar-refractivity contribution in [1.82, 2.24) is 5.32 Å². The van der Waals surface area contributed by atoms with Gasteiger partial charge in [-0.05, 0) is 23.8 Å². The molecular formula is C14H10Cl2F3NO2S. The molecule has 0 aliphatic carbocycles. The molecule has 0 bridgehead atoms. The number of hydrogen-bond acceptors (Lipinski definition) is 3. The summed E-state index contributed by atoms with van der Waals surface area (Å²) in [5.74, 6) is -0.342. The number of carbonyl (C=O) groups is 1. The average molecular weight is 384 g/mol.